The zero-order chi connectivity index (χ0) is 14.1. The van der Waals surface area contributed by atoms with Crippen molar-refractivity contribution in [1.82, 2.24) is 10.1 Å². The molecule has 2 aromatic rings. The summed E-state index contributed by atoms with van der Waals surface area (Å²) >= 11 is 6.00. The molecule has 0 aliphatic heterocycles. The Kier molecular flexibility index (Phi) is 3.66. The summed E-state index contributed by atoms with van der Waals surface area (Å²) in [4.78, 5) is 4.52. The summed E-state index contributed by atoms with van der Waals surface area (Å²) in [5.41, 5.74) is 7.25. The summed E-state index contributed by atoms with van der Waals surface area (Å²) in [5, 5.41) is 4.75. The Labute approximate surface area is 123 Å². The van der Waals surface area contributed by atoms with Crippen molar-refractivity contribution < 1.29 is 4.52 Å². The van der Waals surface area contributed by atoms with Crippen LogP contribution in [0.15, 0.2) is 22.7 Å². The molecule has 3 rings (SSSR count). The first kappa shape index (κ1) is 13.4. The lowest BCUT2D eigenvalue weighted by Crippen LogP contribution is -2.12. The number of nitrogen functional groups attached to an aromatic ring is 1. The quantitative estimate of drug-likeness (QED) is 0.839. The van der Waals surface area contributed by atoms with Gasteiger partial charge in [0, 0.05) is 16.6 Å². The summed E-state index contributed by atoms with van der Waals surface area (Å²) in [5.74, 6) is 2.38. The molecule has 0 radical (unpaired) electrons. The van der Waals surface area contributed by atoms with Crippen LogP contribution in [-0.2, 0) is 0 Å². The maximum Gasteiger partial charge on any atom is 0.260 e. The number of benzene rings is 1. The van der Waals surface area contributed by atoms with E-state index in [-0.39, 0.29) is 0 Å². The van der Waals surface area contributed by atoms with Crippen molar-refractivity contribution in [3.8, 4) is 11.5 Å². The van der Waals surface area contributed by atoms with Crippen molar-refractivity contribution in [3.05, 3.63) is 29.0 Å². The summed E-state index contributed by atoms with van der Waals surface area (Å²) in [6, 6.07) is 5.27. The summed E-state index contributed by atoms with van der Waals surface area (Å²) in [6.45, 7) is 2.28. The Bertz CT molecular complexity index is 611. The fourth-order valence-corrected chi connectivity index (χ4v) is 3.06. The number of nitrogens with two attached hydrogens (primary N) is 1. The van der Waals surface area contributed by atoms with Crippen LogP contribution in [-0.4, -0.2) is 10.1 Å². The molecule has 20 heavy (non-hydrogen) atoms. The van der Waals surface area contributed by atoms with E-state index < -0.39 is 0 Å². The second kappa shape index (κ2) is 5.44. The van der Waals surface area contributed by atoms with E-state index in [4.69, 9.17) is 21.9 Å². The van der Waals surface area contributed by atoms with Gasteiger partial charge >= 0.3 is 0 Å². The van der Waals surface area contributed by atoms with Crippen molar-refractivity contribution in [2.45, 2.75) is 38.5 Å². The first-order chi connectivity index (χ1) is 9.63. The molecular formula is C15H18ClN3O. The highest BCUT2D eigenvalue weighted by atomic mass is 35.5. The van der Waals surface area contributed by atoms with Crippen molar-refractivity contribution in [3.63, 3.8) is 0 Å². The Morgan fingerprint density at radius 3 is 3.00 bits per heavy atom. The highest BCUT2D eigenvalue weighted by Crippen LogP contribution is 2.36. The fraction of sp³-hybridized carbons (Fsp3) is 0.467. The Morgan fingerprint density at radius 2 is 2.20 bits per heavy atom. The Balaban J connectivity index is 1.88. The second-order valence-electron chi connectivity index (χ2n) is 5.66. The van der Waals surface area contributed by atoms with Crippen LogP contribution in [0, 0.1) is 5.92 Å². The van der Waals surface area contributed by atoms with Gasteiger partial charge in [0.15, 0.2) is 5.82 Å². The van der Waals surface area contributed by atoms with Crippen LogP contribution in [0.4, 0.5) is 5.69 Å². The SMILES string of the molecule is CC1CCCC(c2noc(-c3cc(Cl)ccc3N)n2)C1. The smallest absolute Gasteiger partial charge is 0.260 e. The third-order valence-electron chi connectivity index (χ3n) is 3.99. The monoisotopic (exact) mass is 291 g/mol. The average Bonchev–Trinajstić information content (AvgIpc) is 2.91. The van der Waals surface area contributed by atoms with Gasteiger partial charge in [-0.15, -0.1) is 0 Å². The topological polar surface area (TPSA) is 64.9 Å². The molecule has 1 saturated carbocycles. The Morgan fingerprint density at radius 1 is 1.35 bits per heavy atom. The number of rotatable bonds is 2. The van der Waals surface area contributed by atoms with Gasteiger partial charge < -0.3 is 10.3 Å². The summed E-state index contributed by atoms with van der Waals surface area (Å²) in [6.07, 6.45) is 4.79. The molecule has 5 heteroatoms. The van der Waals surface area contributed by atoms with Crippen molar-refractivity contribution in [2.24, 2.45) is 5.92 Å². The minimum absolute atomic E-state index is 0.400. The van der Waals surface area contributed by atoms with Gasteiger partial charge in [0.25, 0.3) is 5.89 Å². The van der Waals surface area contributed by atoms with Gasteiger partial charge in [0.05, 0.1) is 5.56 Å². The van der Waals surface area contributed by atoms with Gasteiger partial charge in [-0.05, 0) is 37.0 Å². The molecule has 4 nitrogen and oxygen atoms in total. The molecule has 0 spiro atoms. The third kappa shape index (κ3) is 2.66. The van der Waals surface area contributed by atoms with Crippen molar-refractivity contribution in [2.75, 3.05) is 5.73 Å². The summed E-state index contributed by atoms with van der Waals surface area (Å²) in [7, 11) is 0. The van der Waals surface area contributed by atoms with Gasteiger partial charge in [-0.3, -0.25) is 0 Å². The van der Waals surface area contributed by atoms with Crippen LogP contribution < -0.4 is 5.73 Å². The van der Waals surface area contributed by atoms with Gasteiger partial charge in [-0.1, -0.05) is 36.5 Å². The average molecular weight is 292 g/mol. The molecule has 1 aromatic heterocycles. The molecule has 1 fully saturated rings. The normalized spacial score (nSPS) is 22.9. The Hall–Kier alpha value is -1.55. The molecule has 0 saturated heterocycles. The maximum absolute atomic E-state index is 6.00. The maximum atomic E-state index is 6.00. The molecule has 0 amide bonds. The van der Waals surface area contributed by atoms with Crippen LogP contribution in [0.1, 0.15) is 44.3 Å². The van der Waals surface area contributed by atoms with E-state index in [1.54, 1.807) is 18.2 Å². The molecule has 0 bridgehead atoms. The molecule has 2 N–H and O–H groups in total. The largest absolute Gasteiger partial charge is 0.398 e. The van der Waals surface area contributed by atoms with E-state index in [1.165, 1.54) is 12.8 Å². The first-order valence-electron chi connectivity index (χ1n) is 7.02. The molecule has 106 valence electrons. The molecular weight excluding hydrogens is 274 g/mol. The lowest BCUT2D eigenvalue weighted by atomic mass is 9.82. The van der Waals surface area contributed by atoms with Crippen molar-refractivity contribution >= 4 is 17.3 Å². The first-order valence-corrected chi connectivity index (χ1v) is 7.40. The number of hydrogen-bond donors (Lipinski definition) is 1. The number of anilines is 1. The molecule has 1 aromatic carbocycles. The van der Waals surface area contributed by atoms with E-state index in [1.807, 2.05) is 0 Å². The standard InChI is InChI=1S/C15H18ClN3O/c1-9-3-2-4-10(7-9)14-18-15(20-19-14)12-8-11(16)5-6-13(12)17/h5-6,8-10H,2-4,7,17H2,1H3. The van der Waals surface area contributed by atoms with Crippen LogP contribution in [0.3, 0.4) is 0 Å². The predicted molar refractivity (Wildman–Crippen MR) is 79.5 cm³/mol. The van der Waals surface area contributed by atoms with Crippen LogP contribution in [0.5, 0.6) is 0 Å². The van der Waals surface area contributed by atoms with E-state index in [2.05, 4.69) is 17.1 Å². The lowest BCUT2D eigenvalue weighted by molar-refractivity contribution is 0.324. The van der Waals surface area contributed by atoms with E-state index in [9.17, 15) is 0 Å². The minimum atomic E-state index is 0.400. The highest BCUT2D eigenvalue weighted by Gasteiger charge is 2.25. The predicted octanol–water partition coefficient (Wildman–Crippen LogP) is 4.27. The number of hydrogen-bond acceptors (Lipinski definition) is 4. The number of halogens is 1. The molecule has 1 aliphatic rings. The van der Waals surface area contributed by atoms with Gasteiger partial charge in [0.2, 0.25) is 0 Å². The zero-order valence-electron chi connectivity index (χ0n) is 11.5. The van der Waals surface area contributed by atoms with Crippen LogP contribution in [0.25, 0.3) is 11.5 Å². The van der Waals surface area contributed by atoms with Gasteiger partial charge in [-0.2, -0.15) is 4.98 Å². The minimum Gasteiger partial charge on any atom is -0.398 e. The third-order valence-corrected chi connectivity index (χ3v) is 4.22. The van der Waals surface area contributed by atoms with Gasteiger partial charge in [-0.25, -0.2) is 0 Å². The van der Waals surface area contributed by atoms with E-state index in [0.29, 0.717) is 28.1 Å². The molecule has 2 unspecified atom stereocenters. The highest BCUT2D eigenvalue weighted by molar-refractivity contribution is 6.31. The molecule has 1 aliphatic carbocycles. The molecule has 1 heterocycles. The summed E-state index contributed by atoms with van der Waals surface area (Å²) < 4.78 is 5.38. The molecule has 2 atom stereocenters. The van der Waals surface area contributed by atoms with E-state index in [0.717, 1.165) is 24.6 Å². The number of nitrogens with zero attached hydrogens (tertiary/aromatic N) is 2. The number of aromatic nitrogens is 2. The van der Waals surface area contributed by atoms with Gasteiger partial charge in [0.1, 0.15) is 0 Å². The second-order valence-corrected chi connectivity index (χ2v) is 6.09. The van der Waals surface area contributed by atoms with Crippen LogP contribution >= 0.6 is 11.6 Å². The van der Waals surface area contributed by atoms with Crippen molar-refractivity contribution in [1.29, 1.82) is 0 Å². The van der Waals surface area contributed by atoms with E-state index >= 15 is 0 Å². The lowest BCUT2D eigenvalue weighted by Gasteiger charge is -2.23. The zero-order valence-corrected chi connectivity index (χ0v) is 12.2. The van der Waals surface area contributed by atoms with Crippen LogP contribution in [0.2, 0.25) is 5.02 Å². The fourth-order valence-electron chi connectivity index (χ4n) is 2.89.